The molecule has 0 bridgehead atoms. The highest BCUT2D eigenvalue weighted by molar-refractivity contribution is 9.10. The Morgan fingerprint density at radius 2 is 1.95 bits per heavy atom. The molecule has 1 saturated heterocycles. The van der Waals surface area contributed by atoms with Gasteiger partial charge in [0.2, 0.25) is 0 Å². The second-order valence-corrected chi connectivity index (χ2v) is 5.98. The zero-order valence-corrected chi connectivity index (χ0v) is 13.0. The number of hydrogen-bond donors (Lipinski definition) is 0. The Balaban J connectivity index is 1.90. The summed E-state index contributed by atoms with van der Waals surface area (Å²) in [6.45, 7) is 1.74. The van der Waals surface area contributed by atoms with Gasteiger partial charge in [-0.3, -0.25) is 4.79 Å². The lowest BCUT2D eigenvalue weighted by atomic mass is 10.2. The Morgan fingerprint density at radius 3 is 2.63 bits per heavy atom. The molecular formula is C14H17BrClNO2. The van der Waals surface area contributed by atoms with Crippen LogP contribution in [0.2, 0.25) is 5.02 Å². The lowest BCUT2D eigenvalue weighted by molar-refractivity contribution is -0.133. The first-order chi connectivity index (χ1) is 9.16. The Bertz CT molecular complexity index is 445. The maximum absolute atomic E-state index is 12.1. The lowest BCUT2D eigenvalue weighted by Crippen LogP contribution is -2.35. The average Bonchev–Trinajstić information content (AvgIpc) is 2.68. The summed E-state index contributed by atoms with van der Waals surface area (Å²) in [5, 5.41) is 0.520. The van der Waals surface area contributed by atoms with Gasteiger partial charge in [-0.1, -0.05) is 40.4 Å². The molecule has 0 atom stereocenters. The van der Waals surface area contributed by atoms with E-state index in [0.29, 0.717) is 10.8 Å². The van der Waals surface area contributed by atoms with Crippen molar-refractivity contribution in [1.82, 2.24) is 4.90 Å². The molecule has 1 heterocycles. The highest BCUT2D eigenvalue weighted by atomic mass is 79.9. The van der Waals surface area contributed by atoms with Crippen LogP contribution >= 0.6 is 27.5 Å². The molecule has 104 valence electrons. The van der Waals surface area contributed by atoms with E-state index in [1.54, 1.807) is 12.1 Å². The summed E-state index contributed by atoms with van der Waals surface area (Å²) >= 11 is 9.38. The second-order valence-electron chi connectivity index (χ2n) is 4.66. The average molecular weight is 347 g/mol. The quantitative estimate of drug-likeness (QED) is 0.831. The van der Waals surface area contributed by atoms with Gasteiger partial charge in [-0.2, -0.15) is 0 Å². The van der Waals surface area contributed by atoms with E-state index in [0.717, 1.165) is 30.4 Å². The lowest BCUT2D eigenvalue weighted by Gasteiger charge is -2.20. The summed E-state index contributed by atoms with van der Waals surface area (Å²) in [5.74, 6) is 0.581. The highest BCUT2D eigenvalue weighted by Crippen LogP contribution is 2.27. The van der Waals surface area contributed by atoms with Crippen LogP contribution in [0.25, 0.3) is 0 Å². The van der Waals surface area contributed by atoms with Gasteiger partial charge < -0.3 is 9.64 Å². The van der Waals surface area contributed by atoms with E-state index in [4.69, 9.17) is 16.3 Å². The number of nitrogens with zero attached hydrogens (tertiary/aromatic N) is 1. The summed E-state index contributed by atoms with van der Waals surface area (Å²) in [7, 11) is 0. The van der Waals surface area contributed by atoms with Crippen molar-refractivity contribution < 1.29 is 9.53 Å². The molecule has 1 aliphatic heterocycles. The van der Waals surface area contributed by atoms with E-state index in [-0.39, 0.29) is 12.5 Å². The Hall–Kier alpha value is -0.740. The monoisotopic (exact) mass is 345 g/mol. The Kier molecular flexibility index (Phi) is 5.52. The smallest absolute Gasteiger partial charge is 0.260 e. The van der Waals surface area contributed by atoms with Gasteiger partial charge >= 0.3 is 0 Å². The molecule has 1 fully saturated rings. The minimum Gasteiger partial charge on any atom is -0.482 e. The summed E-state index contributed by atoms with van der Waals surface area (Å²) in [6.07, 6.45) is 4.59. The highest BCUT2D eigenvalue weighted by Gasteiger charge is 2.16. The summed E-state index contributed by atoms with van der Waals surface area (Å²) < 4.78 is 6.40. The molecule has 1 aliphatic rings. The Labute approximate surface area is 127 Å². The summed E-state index contributed by atoms with van der Waals surface area (Å²) in [5.41, 5.74) is 0. The standard InChI is InChI=1S/C14H17BrClNO2/c15-11-5-6-12(16)13(9-11)19-10-14(18)17-7-3-1-2-4-8-17/h5-6,9H,1-4,7-8,10H2. The fourth-order valence-electron chi connectivity index (χ4n) is 2.14. The van der Waals surface area contributed by atoms with Gasteiger partial charge in [0.1, 0.15) is 5.75 Å². The molecule has 1 aromatic carbocycles. The number of hydrogen-bond acceptors (Lipinski definition) is 2. The number of carbonyl (C=O) groups is 1. The molecule has 1 aromatic rings. The van der Waals surface area contributed by atoms with Crippen molar-refractivity contribution in [2.24, 2.45) is 0 Å². The number of amides is 1. The van der Waals surface area contributed by atoms with Gasteiger partial charge in [0, 0.05) is 17.6 Å². The minimum absolute atomic E-state index is 0.0398. The number of rotatable bonds is 3. The molecule has 0 unspecified atom stereocenters. The molecule has 0 aromatic heterocycles. The van der Waals surface area contributed by atoms with Gasteiger partial charge in [-0.15, -0.1) is 0 Å². The molecule has 0 radical (unpaired) electrons. The van der Waals surface area contributed by atoms with Crippen LogP contribution < -0.4 is 4.74 Å². The van der Waals surface area contributed by atoms with Crippen molar-refractivity contribution in [2.45, 2.75) is 25.7 Å². The number of likely N-dealkylation sites (tertiary alicyclic amines) is 1. The van der Waals surface area contributed by atoms with E-state index in [9.17, 15) is 4.79 Å². The third-order valence-electron chi connectivity index (χ3n) is 3.20. The molecule has 5 heteroatoms. The van der Waals surface area contributed by atoms with Crippen LogP contribution in [0, 0.1) is 0 Å². The maximum Gasteiger partial charge on any atom is 0.260 e. The molecule has 0 aliphatic carbocycles. The third kappa shape index (κ3) is 4.39. The zero-order chi connectivity index (χ0) is 13.7. The number of ether oxygens (including phenoxy) is 1. The fraction of sp³-hybridized carbons (Fsp3) is 0.500. The summed E-state index contributed by atoms with van der Waals surface area (Å²) in [4.78, 5) is 14.0. The van der Waals surface area contributed by atoms with Crippen molar-refractivity contribution in [3.63, 3.8) is 0 Å². The maximum atomic E-state index is 12.1. The van der Waals surface area contributed by atoms with Crippen molar-refractivity contribution in [3.05, 3.63) is 27.7 Å². The first-order valence-corrected chi connectivity index (χ1v) is 7.69. The van der Waals surface area contributed by atoms with E-state index in [1.807, 2.05) is 11.0 Å². The van der Waals surface area contributed by atoms with Gasteiger partial charge in [0.05, 0.1) is 5.02 Å². The van der Waals surface area contributed by atoms with Crippen LogP contribution in [0.1, 0.15) is 25.7 Å². The van der Waals surface area contributed by atoms with Gasteiger partial charge in [-0.05, 0) is 31.0 Å². The van der Waals surface area contributed by atoms with E-state index >= 15 is 0 Å². The van der Waals surface area contributed by atoms with Crippen LogP contribution in [-0.2, 0) is 4.79 Å². The molecule has 0 N–H and O–H groups in total. The topological polar surface area (TPSA) is 29.5 Å². The molecule has 1 amide bonds. The molecule has 0 spiro atoms. The van der Waals surface area contributed by atoms with Gasteiger partial charge in [-0.25, -0.2) is 0 Å². The van der Waals surface area contributed by atoms with Gasteiger partial charge in [0.15, 0.2) is 6.61 Å². The SMILES string of the molecule is O=C(COc1cc(Br)ccc1Cl)N1CCCCCC1. The predicted octanol–water partition coefficient (Wildman–Crippen LogP) is 3.88. The number of halogens is 2. The largest absolute Gasteiger partial charge is 0.482 e. The van der Waals surface area contributed by atoms with Crippen molar-refractivity contribution in [3.8, 4) is 5.75 Å². The van der Waals surface area contributed by atoms with Crippen LogP contribution in [0.15, 0.2) is 22.7 Å². The molecule has 3 nitrogen and oxygen atoms in total. The molecule has 19 heavy (non-hydrogen) atoms. The summed E-state index contributed by atoms with van der Waals surface area (Å²) in [6, 6.07) is 5.36. The van der Waals surface area contributed by atoms with Crippen LogP contribution in [0.5, 0.6) is 5.75 Å². The van der Waals surface area contributed by atoms with Crippen molar-refractivity contribution in [2.75, 3.05) is 19.7 Å². The normalized spacial score (nSPS) is 16.0. The first kappa shape index (κ1) is 14.7. The van der Waals surface area contributed by atoms with Crippen molar-refractivity contribution >= 4 is 33.4 Å². The first-order valence-electron chi connectivity index (χ1n) is 6.52. The van der Waals surface area contributed by atoms with E-state index in [1.165, 1.54) is 12.8 Å². The van der Waals surface area contributed by atoms with E-state index < -0.39 is 0 Å². The van der Waals surface area contributed by atoms with E-state index in [2.05, 4.69) is 15.9 Å². The second kappa shape index (κ2) is 7.15. The third-order valence-corrected chi connectivity index (χ3v) is 4.01. The van der Waals surface area contributed by atoms with Crippen LogP contribution in [0.4, 0.5) is 0 Å². The van der Waals surface area contributed by atoms with Crippen molar-refractivity contribution in [1.29, 1.82) is 0 Å². The van der Waals surface area contributed by atoms with Crippen LogP contribution in [-0.4, -0.2) is 30.5 Å². The Morgan fingerprint density at radius 1 is 1.26 bits per heavy atom. The zero-order valence-electron chi connectivity index (χ0n) is 10.7. The molecular weight excluding hydrogens is 330 g/mol. The van der Waals surface area contributed by atoms with Gasteiger partial charge in [0.25, 0.3) is 5.91 Å². The number of carbonyl (C=O) groups excluding carboxylic acids is 1. The molecule has 2 rings (SSSR count). The minimum atomic E-state index is 0.0398. The fourth-order valence-corrected chi connectivity index (χ4v) is 2.65. The number of benzene rings is 1. The molecule has 0 saturated carbocycles. The van der Waals surface area contributed by atoms with Crippen LogP contribution in [0.3, 0.4) is 0 Å². The predicted molar refractivity (Wildman–Crippen MR) is 79.7 cm³/mol.